The maximum Gasteiger partial charge on any atom is 0.229 e. The summed E-state index contributed by atoms with van der Waals surface area (Å²) in [6.07, 6.45) is 3.83. The van der Waals surface area contributed by atoms with E-state index in [1.165, 1.54) is 0 Å². The number of aromatic nitrogens is 4. The first-order valence-electron chi connectivity index (χ1n) is 8.37. The summed E-state index contributed by atoms with van der Waals surface area (Å²) >= 11 is 6.67. The Bertz CT molecular complexity index is 715. The predicted molar refractivity (Wildman–Crippen MR) is 94.7 cm³/mol. The summed E-state index contributed by atoms with van der Waals surface area (Å²) in [4.78, 5) is 11.1. The zero-order valence-electron chi connectivity index (χ0n) is 14.7. The molecule has 7 heteroatoms. The zero-order valence-corrected chi connectivity index (χ0v) is 15.4. The van der Waals surface area contributed by atoms with Gasteiger partial charge in [-0.1, -0.05) is 25.4 Å². The second kappa shape index (κ2) is 6.97. The van der Waals surface area contributed by atoms with Gasteiger partial charge in [0.25, 0.3) is 0 Å². The monoisotopic (exact) mass is 349 g/mol. The summed E-state index contributed by atoms with van der Waals surface area (Å²) in [5, 5.41) is 5.39. The third-order valence-electron chi connectivity index (χ3n) is 4.32. The van der Waals surface area contributed by atoms with Crippen molar-refractivity contribution < 1.29 is 4.74 Å². The van der Waals surface area contributed by atoms with Gasteiger partial charge in [0.05, 0.1) is 18.8 Å². The van der Waals surface area contributed by atoms with Gasteiger partial charge in [0, 0.05) is 30.9 Å². The number of hydrogen-bond acceptors (Lipinski definition) is 5. The zero-order chi connectivity index (χ0) is 17.3. The summed E-state index contributed by atoms with van der Waals surface area (Å²) < 4.78 is 7.15. The van der Waals surface area contributed by atoms with Crippen molar-refractivity contribution in [2.24, 2.45) is 5.92 Å². The van der Waals surface area contributed by atoms with Gasteiger partial charge in [0.15, 0.2) is 0 Å². The lowest BCUT2D eigenvalue weighted by molar-refractivity contribution is 0.396. The average Bonchev–Trinajstić information content (AvgIpc) is 3.12. The van der Waals surface area contributed by atoms with Crippen LogP contribution >= 0.6 is 11.6 Å². The molecule has 3 rings (SSSR count). The van der Waals surface area contributed by atoms with Crippen molar-refractivity contribution in [1.29, 1.82) is 0 Å². The minimum atomic E-state index is 0.158. The largest absolute Gasteiger partial charge is 0.481 e. The van der Waals surface area contributed by atoms with Crippen LogP contribution in [0.5, 0.6) is 5.88 Å². The normalized spacial score (nSPS) is 17.8. The van der Waals surface area contributed by atoms with Crippen LogP contribution in [-0.4, -0.2) is 33.4 Å². The fourth-order valence-electron chi connectivity index (χ4n) is 3.30. The molecule has 1 unspecified atom stereocenters. The summed E-state index contributed by atoms with van der Waals surface area (Å²) in [6.45, 7) is 8.09. The van der Waals surface area contributed by atoms with Crippen molar-refractivity contribution in [3.8, 4) is 5.88 Å². The van der Waals surface area contributed by atoms with Crippen molar-refractivity contribution >= 4 is 17.5 Å². The van der Waals surface area contributed by atoms with E-state index < -0.39 is 0 Å². The standard InChI is InChI=1S/C17H24ClN5O/c1-11(2)10-23-16(18)15(12(3)21-23)13-6-5-9-22(13)17-19-8-7-14(20-17)24-4/h7-8,11,13H,5-6,9-10H2,1-4H3. The molecule has 0 bridgehead atoms. The van der Waals surface area contributed by atoms with Crippen LogP contribution in [0.3, 0.4) is 0 Å². The number of halogens is 1. The van der Waals surface area contributed by atoms with E-state index >= 15 is 0 Å². The number of anilines is 1. The molecule has 0 radical (unpaired) electrons. The molecule has 0 aliphatic carbocycles. The van der Waals surface area contributed by atoms with E-state index in [4.69, 9.17) is 16.3 Å². The van der Waals surface area contributed by atoms with Gasteiger partial charge in [-0.15, -0.1) is 0 Å². The van der Waals surface area contributed by atoms with Crippen molar-refractivity contribution in [1.82, 2.24) is 19.7 Å². The highest BCUT2D eigenvalue weighted by molar-refractivity contribution is 6.30. The molecular formula is C17H24ClN5O. The molecule has 0 aromatic carbocycles. The van der Waals surface area contributed by atoms with Crippen LogP contribution in [0.25, 0.3) is 0 Å². The summed E-state index contributed by atoms with van der Waals surface area (Å²) in [5.74, 6) is 1.75. The average molecular weight is 350 g/mol. The van der Waals surface area contributed by atoms with Crippen LogP contribution in [0.15, 0.2) is 12.3 Å². The fraction of sp³-hybridized carbons (Fsp3) is 0.588. The van der Waals surface area contributed by atoms with Crippen LogP contribution < -0.4 is 9.64 Å². The van der Waals surface area contributed by atoms with Gasteiger partial charge in [-0.25, -0.2) is 4.98 Å². The number of nitrogens with zero attached hydrogens (tertiary/aromatic N) is 5. The Hall–Kier alpha value is -1.82. The molecular weight excluding hydrogens is 326 g/mol. The molecule has 3 heterocycles. The fourth-order valence-corrected chi connectivity index (χ4v) is 3.67. The highest BCUT2D eigenvalue weighted by Gasteiger charge is 2.33. The minimum Gasteiger partial charge on any atom is -0.481 e. The topological polar surface area (TPSA) is 56.1 Å². The Morgan fingerprint density at radius 2 is 2.21 bits per heavy atom. The highest BCUT2D eigenvalue weighted by atomic mass is 35.5. The Morgan fingerprint density at radius 3 is 2.92 bits per heavy atom. The Balaban J connectivity index is 1.94. The van der Waals surface area contributed by atoms with Crippen molar-refractivity contribution in [2.75, 3.05) is 18.6 Å². The number of hydrogen-bond donors (Lipinski definition) is 0. The van der Waals surface area contributed by atoms with Gasteiger partial charge in [0.1, 0.15) is 5.15 Å². The first-order valence-corrected chi connectivity index (χ1v) is 8.75. The van der Waals surface area contributed by atoms with Gasteiger partial charge < -0.3 is 9.64 Å². The third kappa shape index (κ3) is 3.20. The number of ether oxygens (including phenoxy) is 1. The van der Waals surface area contributed by atoms with Gasteiger partial charge in [-0.2, -0.15) is 10.1 Å². The maximum atomic E-state index is 6.67. The SMILES string of the molecule is COc1ccnc(N2CCCC2c2c(C)nn(CC(C)C)c2Cl)n1. The second-order valence-corrected chi connectivity index (χ2v) is 6.97. The molecule has 130 valence electrons. The molecule has 0 N–H and O–H groups in total. The molecule has 1 fully saturated rings. The molecule has 0 amide bonds. The second-order valence-electron chi connectivity index (χ2n) is 6.62. The maximum absolute atomic E-state index is 6.67. The molecule has 6 nitrogen and oxygen atoms in total. The Labute approximate surface area is 147 Å². The van der Waals surface area contributed by atoms with E-state index in [1.54, 1.807) is 19.4 Å². The molecule has 1 atom stereocenters. The lowest BCUT2D eigenvalue weighted by Gasteiger charge is -2.25. The van der Waals surface area contributed by atoms with E-state index in [2.05, 4.69) is 33.8 Å². The van der Waals surface area contributed by atoms with Gasteiger partial charge >= 0.3 is 0 Å². The third-order valence-corrected chi connectivity index (χ3v) is 4.72. The molecule has 2 aromatic rings. The van der Waals surface area contributed by atoms with Crippen LogP contribution in [0.2, 0.25) is 5.15 Å². The lowest BCUT2D eigenvalue weighted by Crippen LogP contribution is -2.25. The smallest absolute Gasteiger partial charge is 0.229 e. The number of methoxy groups -OCH3 is 1. The van der Waals surface area contributed by atoms with Crippen LogP contribution in [0, 0.1) is 12.8 Å². The Kier molecular flexibility index (Phi) is 4.94. The van der Waals surface area contributed by atoms with E-state index in [9.17, 15) is 0 Å². The summed E-state index contributed by atoms with van der Waals surface area (Å²) in [6, 6.07) is 1.92. The van der Waals surface area contributed by atoms with Gasteiger partial charge in [0.2, 0.25) is 11.8 Å². The summed E-state index contributed by atoms with van der Waals surface area (Å²) in [7, 11) is 1.62. The molecule has 0 spiro atoms. The lowest BCUT2D eigenvalue weighted by atomic mass is 10.1. The van der Waals surface area contributed by atoms with Crippen LogP contribution in [-0.2, 0) is 6.54 Å². The first kappa shape index (κ1) is 17.0. The Morgan fingerprint density at radius 1 is 1.42 bits per heavy atom. The van der Waals surface area contributed by atoms with Crippen LogP contribution in [0.4, 0.5) is 5.95 Å². The molecule has 1 aliphatic heterocycles. The molecule has 0 saturated carbocycles. The minimum absolute atomic E-state index is 0.158. The molecule has 1 saturated heterocycles. The number of rotatable bonds is 5. The summed E-state index contributed by atoms with van der Waals surface area (Å²) in [5.41, 5.74) is 2.08. The van der Waals surface area contributed by atoms with E-state index in [1.807, 2.05) is 11.6 Å². The first-order chi connectivity index (χ1) is 11.5. The van der Waals surface area contributed by atoms with Gasteiger partial charge in [-0.05, 0) is 25.7 Å². The molecule has 24 heavy (non-hydrogen) atoms. The van der Waals surface area contributed by atoms with Crippen LogP contribution in [0.1, 0.15) is 44.0 Å². The van der Waals surface area contributed by atoms with Crippen molar-refractivity contribution in [3.05, 3.63) is 28.7 Å². The predicted octanol–water partition coefficient (Wildman–Crippen LogP) is 3.64. The molecule has 2 aromatic heterocycles. The van der Waals surface area contributed by atoms with E-state index in [0.717, 1.165) is 42.3 Å². The van der Waals surface area contributed by atoms with Crippen molar-refractivity contribution in [2.45, 2.75) is 46.2 Å². The quantitative estimate of drug-likeness (QED) is 0.824. The van der Waals surface area contributed by atoms with Crippen molar-refractivity contribution in [3.63, 3.8) is 0 Å². The van der Waals surface area contributed by atoms with Gasteiger partial charge in [-0.3, -0.25) is 4.68 Å². The molecule has 1 aliphatic rings. The highest BCUT2D eigenvalue weighted by Crippen LogP contribution is 2.39. The number of aryl methyl sites for hydroxylation is 1. The van der Waals surface area contributed by atoms with E-state index in [0.29, 0.717) is 17.7 Å². The van der Waals surface area contributed by atoms with E-state index in [-0.39, 0.29) is 6.04 Å².